The van der Waals surface area contributed by atoms with Crippen molar-refractivity contribution in [1.29, 1.82) is 0 Å². The van der Waals surface area contributed by atoms with E-state index < -0.39 is 0 Å². The third-order valence-electron chi connectivity index (χ3n) is 4.21. The molecule has 0 bridgehead atoms. The van der Waals surface area contributed by atoms with E-state index in [2.05, 4.69) is 17.4 Å². The average Bonchev–Trinajstić information content (AvgIpc) is 2.57. The molecule has 2 fully saturated rings. The van der Waals surface area contributed by atoms with Crippen LogP contribution in [0.25, 0.3) is 0 Å². The minimum absolute atomic E-state index is 0.0948. The summed E-state index contributed by atoms with van der Waals surface area (Å²) in [5.74, 6) is 2.60. The van der Waals surface area contributed by atoms with Gasteiger partial charge in [0, 0.05) is 11.6 Å². The molecule has 1 aromatic carbocycles. The number of amides is 1. The Balaban J connectivity index is 1.58. The van der Waals surface area contributed by atoms with Gasteiger partial charge in [0.05, 0.1) is 4.58 Å². The molecule has 0 unspecified atom stereocenters. The maximum absolute atomic E-state index is 12.3. The molecule has 2 aliphatic rings. The van der Waals surface area contributed by atoms with Gasteiger partial charge in [0.1, 0.15) is 0 Å². The largest absolute Gasteiger partial charge is 0.349 e. The molecule has 114 valence electrons. The van der Waals surface area contributed by atoms with Crippen LogP contribution in [0.15, 0.2) is 24.3 Å². The highest BCUT2D eigenvalue weighted by molar-refractivity contribution is 8.16. The van der Waals surface area contributed by atoms with Crippen LogP contribution in [0, 0.1) is 0 Å². The topological polar surface area (TPSA) is 29.1 Å². The van der Waals surface area contributed by atoms with Gasteiger partial charge in [0.25, 0.3) is 5.91 Å². The maximum Gasteiger partial charge on any atom is 0.251 e. The zero-order chi connectivity index (χ0) is 14.5. The van der Waals surface area contributed by atoms with E-state index in [0.29, 0.717) is 10.6 Å². The summed E-state index contributed by atoms with van der Waals surface area (Å²) in [6, 6.07) is 8.62. The Morgan fingerprint density at radius 1 is 0.952 bits per heavy atom. The standard InChI is InChI=1S/C17H23NOS2/c19-16(18-15-5-2-1-3-6-15)13-7-9-14(10-8-13)17-20-11-4-12-21-17/h7-10,15,17H,1-6,11-12H2,(H,18,19). The van der Waals surface area contributed by atoms with Crippen LogP contribution in [-0.2, 0) is 0 Å². The molecule has 1 aromatic rings. The first-order valence-electron chi connectivity index (χ1n) is 7.97. The molecule has 0 atom stereocenters. The summed E-state index contributed by atoms with van der Waals surface area (Å²) in [5.41, 5.74) is 2.15. The van der Waals surface area contributed by atoms with Crippen LogP contribution in [0.2, 0.25) is 0 Å². The molecule has 21 heavy (non-hydrogen) atoms. The lowest BCUT2D eigenvalue weighted by Gasteiger charge is -2.23. The molecule has 1 aliphatic heterocycles. The minimum Gasteiger partial charge on any atom is -0.349 e. The molecule has 4 heteroatoms. The molecule has 0 radical (unpaired) electrons. The molecule has 0 spiro atoms. The summed E-state index contributed by atoms with van der Waals surface area (Å²) < 4.78 is 0.550. The van der Waals surface area contributed by atoms with Crippen LogP contribution in [0.3, 0.4) is 0 Å². The zero-order valence-corrected chi connectivity index (χ0v) is 14.0. The van der Waals surface area contributed by atoms with Crippen molar-refractivity contribution >= 4 is 29.4 Å². The number of carbonyl (C=O) groups is 1. The van der Waals surface area contributed by atoms with E-state index in [0.717, 1.165) is 18.4 Å². The van der Waals surface area contributed by atoms with Crippen molar-refractivity contribution in [1.82, 2.24) is 5.32 Å². The van der Waals surface area contributed by atoms with Gasteiger partial charge in [0.2, 0.25) is 0 Å². The molecule has 1 aliphatic carbocycles. The Bertz CT molecular complexity index is 462. The summed E-state index contributed by atoms with van der Waals surface area (Å²) in [5, 5.41) is 3.18. The minimum atomic E-state index is 0.0948. The first-order valence-corrected chi connectivity index (χ1v) is 10.1. The molecule has 3 rings (SSSR count). The Labute approximate surface area is 135 Å². The Hall–Kier alpha value is -0.610. The van der Waals surface area contributed by atoms with Crippen LogP contribution in [0.5, 0.6) is 0 Å². The van der Waals surface area contributed by atoms with Gasteiger partial charge in [-0.1, -0.05) is 31.4 Å². The quantitative estimate of drug-likeness (QED) is 0.881. The number of thioether (sulfide) groups is 2. The van der Waals surface area contributed by atoms with Crippen LogP contribution in [0.4, 0.5) is 0 Å². The predicted octanol–water partition coefficient (Wildman–Crippen LogP) is 4.62. The Morgan fingerprint density at radius 3 is 2.29 bits per heavy atom. The van der Waals surface area contributed by atoms with Crippen LogP contribution < -0.4 is 5.32 Å². The normalized spacial score (nSPS) is 21.1. The number of nitrogens with one attached hydrogen (secondary N) is 1. The summed E-state index contributed by atoms with van der Waals surface area (Å²) in [6.45, 7) is 0. The lowest BCUT2D eigenvalue weighted by atomic mass is 9.95. The number of carbonyl (C=O) groups excluding carboxylic acids is 1. The average molecular weight is 322 g/mol. The van der Waals surface area contributed by atoms with Gasteiger partial charge in [0.15, 0.2) is 0 Å². The monoisotopic (exact) mass is 321 g/mol. The molecule has 1 amide bonds. The van der Waals surface area contributed by atoms with E-state index in [1.807, 2.05) is 35.7 Å². The van der Waals surface area contributed by atoms with Crippen LogP contribution in [-0.4, -0.2) is 23.5 Å². The van der Waals surface area contributed by atoms with E-state index >= 15 is 0 Å². The van der Waals surface area contributed by atoms with E-state index in [1.54, 1.807) is 0 Å². The van der Waals surface area contributed by atoms with E-state index in [-0.39, 0.29) is 5.91 Å². The number of rotatable bonds is 3. The SMILES string of the molecule is O=C(NC1CCCCC1)c1ccc(C2SCCCS2)cc1. The van der Waals surface area contributed by atoms with Gasteiger partial charge in [-0.05, 0) is 48.5 Å². The van der Waals surface area contributed by atoms with Crippen molar-refractivity contribution in [3.8, 4) is 0 Å². The van der Waals surface area contributed by atoms with Crippen molar-refractivity contribution in [3.63, 3.8) is 0 Å². The molecular formula is C17H23NOS2. The summed E-state index contributed by atoms with van der Waals surface area (Å²) >= 11 is 4.04. The molecule has 1 saturated carbocycles. The first-order chi connectivity index (χ1) is 10.3. The fourth-order valence-corrected chi connectivity index (χ4v) is 5.88. The highest BCUT2D eigenvalue weighted by Gasteiger charge is 2.19. The first kappa shape index (κ1) is 15.3. The highest BCUT2D eigenvalue weighted by atomic mass is 32.2. The van der Waals surface area contributed by atoms with Crippen molar-refractivity contribution in [3.05, 3.63) is 35.4 Å². The van der Waals surface area contributed by atoms with Gasteiger partial charge in [-0.25, -0.2) is 0 Å². The van der Waals surface area contributed by atoms with Gasteiger partial charge in [-0.3, -0.25) is 4.79 Å². The summed E-state index contributed by atoms with van der Waals surface area (Å²) in [7, 11) is 0. The van der Waals surface area contributed by atoms with E-state index in [1.165, 1.54) is 42.8 Å². The van der Waals surface area contributed by atoms with Crippen molar-refractivity contribution in [2.24, 2.45) is 0 Å². The third kappa shape index (κ3) is 4.19. The number of hydrogen-bond donors (Lipinski definition) is 1. The predicted molar refractivity (Wildman–Crippen MR) is 93.1 cm³/mol. The molecule has 2 nitrogen and oxygen atoms in total. The van der Waals surface area contributed by atoms with Crippen LogP contribution in [0.1, 0.15) is 59.0 Å². The molecule has 1 saturated heterocycles. The fourth-order valence-electron chi connectivity index (χ4n) is 2.99. The van der Waals surface area contributed by atoms with Gasteiger partial charge < -0.3 is 5.32 Å². The zero-order valence-electron chi connectivity index (χ0n) is 12.3. The molecule has 1 heterocycles. The molecular weight excluding hydrogens is 298 g/mol. The molecule has 1 N–H and O–H groups in total. The second kappa shape index (κ2) is 7.59. The lowest BCUT2D eigenvalue weighted by molar-refractivity contribution is 0.0927. The maximum atomic E-state index is 12.3. The second-order valence-electron chi connectivity index (χ2n) is 5.86. The van der Waals surface area contributed by atoms with Crippen molar-refractivity contribution in [2.75, 3.05) is 11.5 Å². The lowest BCUT2D eigenvalue weighted by Crippen LogP contribution is -2.36. The number of benzene rings is 1. The van der Waals surface area contributed by atoms with Crippen LogP contribution >= 0.6 is 23.5 Å². The van der Waals surface area contributed by atoms with Crippen molar-refractivity contribution < 1.29 is 4.79 Å². The highest BCUT2D eigenvalue weighted by Crippen LogP contribution is 2.43. The summed E-state index contributed by atoms with van der Waals surface area (Å²) in [6.07, 6.45) is 7.41. The second-order valence-corrected chi connectivity index (χ2v) is 8.58. The van der Waals surface area contributed by atoms with Gasteiger partial charge in [-0.15, -0.1) is 23.5 Å². The third-order valence-corrected chi connectivity index (χ3v) is 7.23. The Morgan fingerprint density at radius 2 is 1.62 bits per heavy atom. The van der Waals surface area contributed by atoms with Gasteiger partial charge in [-0.2, -0.15) is 0 Å². The van der Waals surface area contributed by atoms with E-state index in [4.69, 9.17) is 0 Å². The van der Waals surface area contributed by atoms with E-state index in [9.17, 15) is 4.79 Å². The summed E-state index contributed by atoms with van der Waals surface area (Å²) in [4.78, 5) is 12.3. The number of hydrogen-bond acceptors (Lipinski definition) is 3. The van der Waals surface area contributed by atoms with Gasteiger partial charge >= 0.3 is 0 Å². The Kier molecular flexibility index (Phi) is 5.53. The fraction of sp³-hybridized carbons (Fsp3) is 0.588. The van der Waals surface area contributed by atoms with Crippen molar-refractivity contribution in [2.45, 2.75) is 49.1 Å². The molecule has 0 aromatic heterocycles. The smallest absolute Gasteiger partial charge is 0.251 e.